The minimum absolute atomic E-state index is 0.505. The number of nitrogens with one attached hydrogen (secondary N) is 1. The highest BCUT2D eigenvalue weighted by molar-refractivity contribution is 8.00. The van der Waals surface area contributed by atoms with Gasteiger partial charge in [-0.05, 0) is 50.8 Å². The van der Waals surface area contributed by atoms with Gasteiger partial charge in [0.15, 0.2) is 0 Å². The summed E-state index contributed by atoms with van der Waals surface area (Å²) in [5.41, 5.74) is 0. The summed E-state index contributed by atoms with van der Waals surface area (Å²) < 4.78 is 0.505. The zero-order chi connectivity index (χ0) is 11.3. The first kappa shape index (κ1) is 13.4. The molecule has 90 valence electrons. The van der Waals surface area contributed by atoms with Crippen molar-refractivity contribution in [2.24, 2.45) is 5.92 Å². The lowest BCUT2D eigenvalue weighted by atomic mass is 9.90. The van der Waals surface area contributed by atoms with Crippen molar-refractivity contribution in [3.05, 3.63) is 0 Å². The lowest BCUT2D eigenvalue weighted by Gasteiger charge is -2.34. The first-order chi connectivity index (χ1) is 7.08. The summed E-state index contributed by atoms with van der Waals surface area (Å²) in [5.74, 6) is 2.20. The minimum Gasteiger partial charge on any atom is -0.313 e. The maximum Gasteiger partial charge on any atom is 0.0285 e. The van der Waals surface area contributed by atoms with E-state index in [4.69, 9.17) is 0 Å². The molecular formula is C13H27NS. The van der Waals surface area contributed by atoms with Crippen molar-refractivity contribution in [1.82, 2.24) is 5.32 Å². The molecule has 1 aliphatic heterocycles. The van der Waals surface area contributed by atoms with Crippen molar-refractivity contribution in [3.63, 3.8) is 0 Å². The first-order valence-electron chi connectivity index (χ1n) is 6.46. The van der Waals surface area contributed by atoms with Crippen LogP contribution in [0.4, 0.5) is 0 Å². The Kier molecular flexibility index (Phi) is 5.48. The van der Waals surface area contributed by atoms with Crippen molar-refractivity contribution in [2.75, 3.05) is 12.3 Å². The van der Waals surface area contributed by atoms with Crippen molar-refractivity contribution < 1.29 is 0 Å². The van der Waals surface area contributed by atoms with Gasteiger partial charge in [-0.15, -0.1) is 0 Å². The van der Waals surface area contributed by atoms with Gasteiger partial charge in [-0.25, -0.2) is 0 Å². The molecule has 2 unspecified atom stereocenters. The van der Waals surface area contributed by atoms with Crippen LogP contribution in [0.15, 0.2) is 0 Å². The zero-order valence-electron chi connectivity index (χ0n) is 10.8. The third-order valence-corrected chi connectivity index (χ3v) is 5.11. The molecule has 2 heteroatoms. The van der Waals surface area contributed by atoms with Gasteiger partial charge in [-0.1, -0.05) is 20.8 Å². The largest absolute Gasteiger partial charge is 0.313 e. The summed E-state index contributed by atoms with van der Waals surface area (Å²) in [6.07, 6.45) is 5.50. The van der Waals surface area contributed by atoms with Crippen molar-refractivity contribution in [2.45, 2.75) is 64.2 Å². The number of hydrogen-bond acceptors (Lipinski definition) is 2. The Morgan fingerprint density at radius 2 is 2.07 bits per heavy atom. The van der Waals surface area contributed by atoms with Crippen LogP contribution < -0.4 is 5.32 Å². The van der Waals surface area contributed by atoms with Gasteiger partial charge in [-0.3, -0.25) is 0 Å². The normalized spacial score (nSPS) is 28.6. The van der Waals surface area contributed by atoms with Crippen LogP contribution in [0.2, 0.25) is 0 Å². The topological polar surface area (TPSA) is 12.0 Å². The molecule has 0 spiro atoms. The van der Waals surface area contributed by atoms with E-state index in [0.29, 0.717) is 4.75 Å². The molecule has 0 aromatic carbocycles. The summed E-state index contributed by atoms with van der Waals surface area (Å²) in [5, 5.41) is 3.70. The lowest BCUT2D eigenvalue weighted by molar-refractivity contribution is 0.360. The molecule has 1 rings (SSSR count). The van der Waals surface area contributed by atoms with E-state index in [1.165, 1.54) is 31.4 Å². The van der Waals surface area contributed by atoms with Gasteiger partial charge < -0.3 is 5.32 Å². The van der Waals surface area contributed by atoms with Crippen LogP contribution in [0.5, 0.6) is 0 Å². The Labute approximate surface area is 99.8 Å². The molecule has 1 saturated heterocycles. The van der Waals surface area contributed by atoms with E-state index in [2.05, 4.69) is 44.8 Å². The van der Waals surface area contributed by atoms with Gasteiger partial charge >= 0.3 is 0 Å². The Balaban J connectivity index is 2.48. The third kappa shape index (κ3) is 3.99. The number of hydrogen-bond donors (Lipinski definition) is 1. The highest BCUT2D eigenvalue weighted by Crippen LogP contribution is 2.41. The van der Waals surface area contributed by atoms with Crippen LogP contribution in [0.25, 0.3) is 0 Å². The Morgan fingerprint density at radius 1 is 1.33 bits per heavy atom. The van der Waals surface area contributed by atoms with Crippen LogP contribution in [-0.4, -0.2) is 23.1 Å². The molecule has 2 atom stereocenters. The summed E-state index contributed by atoms with van der Waals surface area (Å²) in [6, 6.07) is 0.720. The van der Waals surface area contributed by atoms with Gasteiger partial charge in [0, 0.05) is 10.8 Å². The van der Waals surface area contributed by atoms with E-state index in [0.717, 1.165) is 18.5 Å². The van der Waals surface area contributed by atoms with E-state index >= 15 is 0 Å². The number of thioether (sulfide) groups is 1. The van der Waals surface area contributed by atoms with E-state index in [9.17, 15) is 0 Å². The van der Waals surface area contributed by atoms with Gasteiger partial charge in [0.1, 0.15) is 0 Å². The molecule has 0 aromatic heterocycles. The molecule has 0 radical (unpaired) electrons. The molecule has 1 heterocycles. The third-order valence-electron chi connectivity index (χ3n) is 3.47. The smallest absolute Gasteiger partial charge is 0.0285 e. The fraction of sp³-hybridized carbons (Fsp3) is 1.00. The fourth-order valence-electron chi connectivity index (χ4n) is 2.45. The molecule has 0 amide bonds. The second-order valence-corrected chi connectivity index (χ2v) is 6.98. The summed E-state index contributed by atoms with van der Waals surface area (Å²) in [6.45, 7) is 10.4. The number of rotatable bonds is 6. The van der Waals surface area contributed by atoms with Crippen LogP contribution in [0.1, 0.15) is 53.4 Å². The maximum absolute atomic E-state index is 3.70. The van der Waals surface area contributed by atoms with Crippen molar-refractivity contribution in [3.8, 4) is 0 Å². The van der Waals surface area contributed by atoms with Crippen LogP contribution in [-0.2, 0) is 0 Å². The van der Waals surface area contributed by atoms with Gasteiger partial charge in [-0.2, -0.15) is 11.8 Å². The second-order valence-electron chi connectivity index (χ2n) is 5.35. The quantitative estimate of drug-likeness (QED) is 0.745. The predicted octanol–water partition coefficient (Wildman–Crippen LogP) is 3.69. The molecule has 0 bridgehead atoms. The zero-order valence-corrected chi connectivity index (χ0v) is 11.6. The summed E-state index contributed by atoms with van der Waals surface area (Å²) in [7, 11) is 0. The average Bonchev–Trinajstić information content (AvgIpc) is 2.60. The summed E-state index contributed by atoms with van der Waals surface area (Å²) >= 11 is 2.18. The second kappa shape index (κ2) is 6.15. The molecular weight excluding hydrogens is 202 g/mol. The van der Waals surface area contributed by atoms with Gasteiger partial charge in [0.05, 0.1) is 0 Å². The van der Waals surface area contributed by atoms with E-state index < -0.39 is 0 Å². The van der Waals surface area contributed by atoms with E-state index in [1.54, 1.807) is 0 Å². The fourth-order valence-corrected chi connectivity index (χ4v) is 3.89. The van der Waals surface area contributed by atoms with Gasteiger partial charge in [0.25, 0.3) is 0 Å². The van der Waals surface area contributed by atoms with Crippen molar-refractivity contribution >= 4 is 11.8 Å². The van der Waals surface area contributed by atoms with Crippen LogP contribution in [0, 0.1) is 5.92 Å². The Bertz CT molecular complexity index is 173. The standard InChI is InChI=1S/C13H27NS/c1-5-14-12(8-7-11(2)3)13(4)9-6-10-15-13/h11-12,14H,5-10H2,1-4H3. The minimum atomic E-state index is 0.505. The summed E-state index contributed by atoms with van der Waals surface area (Å²) in [4.78, 5) is 0. The molecule has 0 saturated carbocycles. The Morgan fingerprint density at radius 3 is 2.53 bits per heavy atom. The SMILES string of the molecule is CCNC(CCC(C)C)C1(C)CCCS1. The average molecular weight is 229 g/mol. The highest BCUT2D eigenvalue weighted by atomic mass is 32.2. The van der Waals surface area contributed by atoms with Crippen molar-refractivity contribution in [1.29, 1.82) is 0 Å². The first-order valence-corrected chi connectivity index (χ1v) is 7.44. The molecule has 1 aliphatic rings. The monoisotopic (exact) mass is 229 g/mol. The van der Waals surface area contributed by atoms with E-state index in [1.807, 2.05) is 0 Å². The van der Waals surface area contributed by atoms with Crippen LogP contribution in [0.3, 0.4) is 0 Å². The highest BCUT2D eigenvalue weighted by Gasteiger charge is 2.36. The lowest BCUT2D eigenvalue weighted by Crippen LogP contribution is -2.45. The Hall–Kier alpha value is 0.310. The van der Waals surface area contributed by atoms with Gasteiger partial charge in [0.2, 0.25) is 0 Å². The molecule has 1 nitrogen and oxygen atoms in total. The predicted molar refractivity (Wildman–Crippen MR) is 71.6 cm³/mol. The molecule has 0 aliphatic carbocycles. The van der Waals surface area contributed by atoms with E-state index in [-0.39, 0.29) is 0 Å². The molecule has 1 fully saturated rings. The maximum atomic E-state index is 3.70. The molecule has 15 heavy (non-hydrogen) atoms. The van der Waals surface area contributed by atoms with Crippen LogP contribution >= 0.6 is 11.8 Å². The molecule has 1 N–H and O–H groups in total. The molecule has 0 aromatic rings.